The third kappa shape index (κ3) is 2.74. The van der Waals surface area contributed by atoms with Crippen LogP contribution in [-0.2, 0) is 15.0 Å². The number of pyridine rings is 1. The second-order valence-corrected chi connectivity index (χ2v) is 9.35. The first-order valence-corrected chi connectivity index (χ1v) is 11.2. The number of amides is 2. The summed E-state index contributed by atoms with van der Waals surface area (Å²) in [6.07, 6.45) is 9.00. The molecule has 6 rings (SSSR count). The predicted molar refractivity (Wildman–Crippen MR) is 120 cm³/mol. The van der Waals surface area contributed by atoms with Crippen molar-refractivity contribution in [1.82, 2.24) is 9.88 Å². The number of nitrogens with one attached hydrogen (secondary N) is 2. The monoisotopic (exact) mass is 414 g/mol. The molecule has 1 saturated carbocycles. The summed E-state index contributed by atoms with van der Waals surface area (Å²) in [5, 5.41) is 6.56. The zero-order valence-corrected chi connectivity index (χ0v) is 17.6. The molecule has 1 saturated heterocycles. The average Bonchev–Trinajstić information content (AvgIpc) is 3.25. The maximum Gasteiger partial charge on any atom is 0.246 e. The van der Waals surface area contributed by atoms with Gasteiger partial charge in [-0.3, -0.25) is 9.59 Å². The van der Waals surface area contributed by atoms with Crippen molar-refractivity contribution < 1.29 is 9.59 Å². The molecule has 6 heteroatoms. The fourth-order valence-corrected chi connectivity index (χ4v) is 5.80. The second kappa shape index (κ2) is 6.67. The van der Waals surface area contributed by atoms with E-state index >= 15 is 0 Å². The van der Waals surface area contributed by atoms with Crippen molar-refractivity contribution >= 4 is 29.4 Å². The van der Waals surface area contributed by atoms with E-state index in [0.29, 0.717) is 17.8 Å². The number of carbonyl (C=O) groups is 2. The number of carbonyl (C=O) groups excluding carboxylic acids is 2. The van der Waals surface area contributed by atoms with E-state index in [0.717, 1.165) is 49.9 Å². The minimum absolute atomic E-state index is 0.0357. The summed E-state index contributed by atoms with van der Waals surface area (Å²) in [7, 11) is 0. The minimum Gasteiger partial charge on any atom is -0.381 e. The molecule has 1 spiro atoms. The summed E-state index contributed by atoms with van der Waals surface area (Å²) in [4.78, 5) is 31.8. The average molecular weight is 415 g/mol. The summed E-state index contributed by atoms with van der Waals surface area (Å²) in [5.74, 6) is 1.13. The molecular formula is C25H26N4O2. The lowest BCUT2D eigenvalue weighted by atomic mass is 9.65. The van der Waals surface area contributed by atoms with Gasteiger partial charge in [-0.15, -0.1) is 0 Å². The Hall–Kier alpha value is -3.15. The highest BCUT2D eigenvalue weighted by atomic mass is 16.2. The Kier molecular flexibility index (Phi) is 4.01. The summed E-state index contributed by atoms with van der Waals surface area (Å²) >= 11 is 0. The molecule has 2 fully saturated rings. The van der Waals surface area contributed by atoms with Crippen LogP contribution in [0.25, 0.3) is 6.08 Å². The number of nitrogens with zero attached hydrogens (tertiary/aromatic N) is 2. The Morgan fingerprint density at radius 3 is 3.00 bits per heavy atom. The Labute approximate surface area is 181 Å². The molecule has 1 aromatic carbocycles. The number of rotatable bonds is 2. The first-order chi connectivity index (χ1) is 15.0. The molecule has 0 bridgehead atoms. The van der Waals surface area contributed by atoms with Gasteiger partial charge in [0, 0.05) is 48.6 Å². The molecule has 3 aliphatic heterocycles. The smallest absolute Gasteiger partial charge is 0.246 e. The molecule has 2 atom stereocenters. The number of hydrogen-bond donors (Lipinski definition) is 2. The van der Waals surface area contributed by atoms with Crippen molar-refractivity contribution in [1.29, 1.82) is 0 Å². The molecule has 6 nitrogen and oxygen atoms in total. The Bertz CT molecular complexity index is 1130. The summed E-state index contributed by atoms with van der Waals surface area (Å²) < 4.78 is 0. The highest BCUT2D eigenvalue weighted by Gasteiger charge is 2.51. The standard InChI is InChI=1S/C25H26N4O2/c1-15-4-2-5-20-22(15)17-14-29(11-8-19(17)27-20)21(30)7-6-16-12-18-23(26-13-16)28-24(31)25(18)9-3-10-25/h2,4-7,12-13,17,19,27H,3,8-11,14H2,1H3,(H,26,28,31)/b7-6+. The van der Waals surface area contributed by atoms with Crippen molar-refractivity contribution in [2.45, 2.75) is 50.0 Å². The van der Waals surface area contributed by atoms with Crippen LogP contribution in [0.3, 0.4) is 0 Å². The predicted octanol–water partition coefficient (Wildman–Crippen LogP) is 3.59. The van der Waals surface area contributed by atoms with E-state index in [4.69, 9.17) is 0 Å². The minimum atomic E-state index is -0.390. The fraction of sp³-hybridized carbons (Fsp3) is 0.400. The lowest BCUT2D eigenvalue weighted by Crippen LogP contribution is -2.44. The molecule has 4 heterocycles. The summed E-state index contributed by atoms with van der Waals surface area (Å²) in [6, 6.07) is 8.82. The SMILES string of the molecule is Cc1cccc2c1C1CN(C(=O)/C=C/c3cnc4c(c3)C3(CCC3)C(=O)N4)CCC1N2. The number of likely N-dealkylation sites (tertiary alicyclic amines) is 1. The van der Waals surface area contributed by atoms with E-state index < -0.39 is 5.41 Å². The molecule has 31 heavy (non-hydrogen) atoms. The van der Waals surface area contributed by atoms with E-state index in [2.05, 4.69) is 40.7 Å². The van der Waals surface area contributed by atoms with E-state index in [1.54, 1.807) is 12.3 Å². The van der Waals surface area contributed by atoms with Gasteiger partial charge in [-0.2, -0.15) is 0 Å². The first kappa shape index (κ1) is 18.6. The van der Waals surface area contributed by atoms with Crippen LogP contribution in [0.2, 0.25) is 0 Å². The van der Waals surface area contributed by atoms with Gasteiger partial charge in [0.15, 0.2) is 0 Å². The highest BCUT2D eigenvalue weighted by Crippen LogP contribution is 2.50. The van der Waals surface area contributed by atoms with Crippen LogP contribution in [0.4, 0.5) is 11.5 Å². The van der Waals surface area contributed by atoms with Gasteiger partial charge in [-0.25, -0.2) is 4.98 Å². The fourth-order valence-electron chi connectivity index (χ4n) is 5.80. The van der Waals surface area contributed by atoms with Gasteiger partial charge in [-0.1, -0.05) is 18.6 Å². The van der Waals surface area contributed by atoms with Gasteiger partial charge in [0.05, 0.1) is 5.41 Å². The van der Waals surface area contributed by atoms with Gasteiger partial charge in [0.1, 0.15) is 5.82 Å². The van der Waals surface area contributed by atoms with E-state index in [1.807, 2.05) is 17.0 Å². The van der Waals surface area contributed by atoms with Gasteiger partial charge in [0.25, 0.3) is 0 Å². The molecule has 4 aliphatic rings. The molecule has 2 amide bonds. The van der Waals surface area contributed by atoms with Gasteiger partial charge >= 0.3 is 0 Å². The number of aromatic nitrogens is 1. The lowest BCUT2D eigenvalue weighted by Gasteiger charge is -2.35. The van der Waals surface area contributed by atoms with Crippen LogP contribution >= 0.6 is 0 Å². The summed E-state index contributed by atoms with van der Waals surface area (Å²) in [5.41, 5.74) is 5.34. The number of hydrogen-bond acceptors (Lipinski definition) is 4. The molecule has 1 aromatic heterocycles. The van der Waals surface area contributed by atoms with Crippen LogP contribution in [0, 0.1) is 6.92 Å². The van der Waals surface area contributed by atoms with Crippen LogP contribution in [0.15, 0.2) is 36.5 Å². The maximum absolute atomic E-state index is 13.0. The van der Waals surface area contributed by atoms with E-state index in [9.17, 15) is 9.59 Å². The highest BCUT2D eigenvalue weighted by molar-refractivity contribution is 6.06. The second-order valence-electron chi connectivity index (χ2n) is 9.35. The van der Waals surface area contributed by atoms with Gasteiger partial charge < -0.3 is 15.5 Å². The van der Waals surface area contributed by atoms with Gasteiger partial charge in [0.2, 0.25) is 11.8 Å². The number of aryl methyl sites for hydroxylation is 1. The zero-order chi connectivity index (χ0) is 21.2. The molecule has 2 aromatic rings. The molecule has 158 valence electrons. The van der Waals surface area contributed by atoms with Crippen molar-refractivity contribution in [2.75, 3.05) is 23.7 Å². The van der Waals surface area contributed by atoms with E-state index in [-0.39, 0.29) is 11.8 Å². The Balaban J connectivity index is 1.20. The van der Waals surface area contributed by atoms with Crippen molar-refractivity contribution in [3.63, 3.8) is 0 Å². The molecule has 0 radical (unpaired) electrons. The number of piperidine rings is 1. The van der Waals surface area contributed by atoms with Crippen LogP contribution < -0.4 is 10.6 Å². The van der Waals surface area contributed by atoms with Gasteiger partial charge in [-0.05, 0) is 61.1 Å². The quantitative estimate of drug-likeness (QED) is 0.737. The van der Waals surface area contributed by atoms with Crippen LogP contribution in [-0.4, -0.2) is 40.8 Å². The van der Waals surface area contributed by atoms with Crippen molar-refractivity contribution in [3.8, 4) is 0 Å². The third-order valence-corrected chi connectivity index (χ3v) is 7.68. The van der Waals surface area contributed by atoms with E-state index in [1.165, 1.54) is 16.8 Å². The molecule has 2 N–H and O–H groups in total. The zero-order valence-electron chi connectivity index (χ0n) is 17.6. The maximum atomic E-state index is 13.0. The summed E-state index contributed by atoms with van der Waals surface area (Å²) in [6.45, 7) is 3.65. The third-order valence-electron chi connectivity index (χ3n) is 7.68. The van der Waals surface area contributed by atoms with Crippen molar-refractivity contribution in [2.24, 2.45) is 0 Å². The Morgan fingerprint density at radius 1 is 1.32 bits per heavy atom. The largest absolute Gasteiger partial charge is 0.381 e. The first-order valence-electron chi connectivity index (χ1n) is 11.2. The normalized spacial score (nSPS) is 24.9. The number of anilines is 2. The molecule has 1 aliphatic carbocycles. The topological polar surface area (TPSA) is 74.3 Å². The number of fused-ring (bicyclic) bond motifs is 5. The van der Waals surface area contributed by atoms with Crippen LogP contribution in [0.1, 0.15) is 53.9 Å². The molecule has 2 unspecified atom stereocenters. The van der Waals surface area contributed by atoms with Crippen LogP contribution in [0.5, 0.6) is 0 Å². The number of benzene rings is 1. The lowest BCUT2D eigenvalue weighted by molar-refractivity contribution is -0.127. The molecular weight excluding hydrogens is 388 g/mol. The van der Waals surface area contributed by atoms with Crippen molar-refractivity contribution in [3.05, 3.63) is 58.8 Å². The Morgan fingerprint density at radius 2 is 2.19 bits per heavy atom.